The van der Waals surface area contributed by atoms with Crippen LogP contribution in [0.4, 0.5) is 5.69 Å². The fourth-order valence-electron chi connectivity index (χ4n) is 2.09. The van der Waals surface area contributed by atoms with Gasteiger partial charge in [-0.15, -0.1) is 12.4 Å². The van der Waals surface area contributed by atoms with Crippen LogP contribution >= 0.6 is 28.3 Å². The van der Waals surface area contributed by atoms with Crippen LogP contribution in [0.3, 0.4) is 0 Å². The third-order valence-corrected chi connectivity index (χ3v) is 3.59. The highest BCUT2D eigenvalue weighted by Gasteiger charge is 2.16. The number of carbonyl (C=O) groups excluding carboxylic acids is 1. The number of amides is 1. The van der Waals surface area contributed by atoms with Crippen LogP contribution < -0.4 is 10.6 Å². The van der Waals surface area contributed by atoms with Crippen LogP contribution in [0.5, 0.6) is 0 Å². The second-order valence-electron chi connectivity index (χ2n) is 4.45. The fraction of sp³-hybridized carbons (Fsp3) is 0.462. The van der Waals surface area contributed by atoms with Gasteiger partial charge in [-0.1, -0.05) is 15.9 Å². The zero-order valence-corrected chi connectivity index (χ0v) is 12.5. The second kappa shape index (κ2) is 7.77. The average molecular weight is 334 g/mol. The van der Waals surface area contributed by atoms with Crippen LogP contribution in [0.2, 0.25) is 0 Å². The lowest BCUT2D eigenvalue weighted by molar-refractivity contribution is -0.117. The molecule has 18 heavy (non-hydrogen) atoms. The van der Waals surface area contributed by atoms with Crippen molar-refractivity contribution in [3.63, 3.8) is 0 Å². The molecule has 0 unspecified atom stereocenters. The number of anilines is 1. The van der Waals surface area contributed by atoms with Gasteiger partial charge in [0.2, 0.25) is 5.91 Å². The standard InChI is InChI=1S/C13H17BrN2O.ClH/c14-11-1-3-12(4-2-11)16-13(17)9-10-5-7-15-8-6-10;/h1-4,10,15H,5-9H2,(H,16,17);1H. The molecule has 1 aromatic rings. The van der Waals surface area contributed by atoms with Gasteiger partial charge < -0.3 is 10.6 Å². The lowest BCUT2D eigenvalue weighted by Crippen LogP contribution is -2.30. The molecule has 1 aliphatic rings. The molecule has 0 aromatic heterocycles. The lowest BCUT2D eigenvalue weighted by Gasteiger charge is -2.21. The number of hydrogen-bond acceptors (Lipinski definition) is 2. The summed E-state index contributed by atoms with van der Waals surface area (Å²) in [6.07, 6.45) is 2.85. The summed E-state index contributed by atoms with van der Waals surface area (Å²) in [7, 11) is 0. The van der Waals surface area contributed by atoms with E-state index in [0.717, 1.165) is 36.1 Å². The number of halogens is 2. The number of piperidine rings is 1. The van der Waals surface area contributed by atoms with Crippen LogP contribution in [-0.2, 0) is 4.79 Å². The molecule has 0 atom stereocenters. The van der Waals surface area contributed by atoms with Crippen molar-refractivity contribution in [1.29, 1.82) is 0 Å². The van der Waals surface area contributed by atoms with Gasteiger partial charge in [0.1, 0.15) is 0 Å². The molecule has 1 aromatic carbocycles. The van der Waals surface area contributed by atoms with E-state index in [-0.39, 0.29) is 18.3 Å². The maximum absolute atomic E-state index is 11.8. The molecule has 2 N–H and O–H groups in total. The van der Waals surface area contributed by atoms with E-state index in [1.807, 2.05) is 24.3 Å². The Labute approximate surface area is 122 Å². The number of carbonyl (C=O) groups is 1. The highest BCUT2D eigenvalue weighted by Crippen LogP contribution is 2.18. The Kier molecular flexibility index (Phi) is 6.68. The van der Waals surface area contributed by atoms with Crippen LogP contribution in [-0.4, -0.2) is 19.0 Å². The minimum atomic E-state index is 0. The van der Waals surface area contributed by atoms with Crippen molar-refractivity contribution < 1.29 is 4.79 Å². The van der Waals surface area contributed by atoms with Crippen LogP contribution in [0.1, 0.15) is 19.3 Å². The van der Waals surface area contributed by atoms with Crippen molar-refractivity contribution in [2.24, 2.45) is 5.92 Å². The molecule has 1 amide bonds. The van der Waals surface area contributed by atoms with Crippen molar-refractivity contribution in [3.8, 4) is 0 Å². The molecule has 1 heterocycles. The molecule has 0 saturated carbocycles. The van der Waals surface area contributed by atoms with Crippen molar-refractivity contribution in [2.45, 2.75) is 19.3 Å². The molecule has 5 heteroatoms. The summed E-state index contributed by atoms with van der Waals surface area (Å²) in [5, 5.41) is 6.24. The molecule has 0 bridgehead atoms. The number of hydrogen-bond donors (Lipinski definition) is 2. The predicted octanol–water partition coefficient (Wildman–Crippen LogP) is 3.20. The molecular weight excluding hydrogens is 316 g/mol. The first-order chi connectivity index (χ1) is 8.24. The summed E-state index contributed by atoms with van der Waals surface area (Å²) in [6, 6.07) is 7.68. The van der Waals surface area contributed by atoms with Crippen molar-refractivity contribution in [2.75, 3.05) is 18.4 Å². The molecule has 1 saturated heterocycles. The van der Waals surface area contributed by atoms with Gasteiger partial charge in [-0.05, 0) is 56.1 Å². The van der Waals surface area contributed by atoms with Crippen LogP contribution in [0.15, 0.2) is 28.7 Å². The van der Waals surface area contributed by atoms with Gasteiger partial charge in [-0.25, -0.2) is 0 Å². The number of rotatable bonds is 3. The van der Waals surface area contributed by atoms with Crippen molar-refractivity contribution in [3.05, 3.63) is 28.7 Å². The molecule has 0 radical (unpaired) electrons. The van der Waals surface area contributed by atoms with Crippen molar-refractivity contribution in [1.82, 2.24) is 5.32 Å². The number of nitrogens with one attached hydrogen (secondary N) is 2. The molecule has 1 aliphatic heterocycles. The van der Waals surface area contributed by atoms with Gasteiger partial charge in [0.05, 0.1) is 0 Å². The molecule has 100 valence electrons. The van der Waals surface area contributed by atoms with Gasteiger partial charge in [0, 0.05) is 16.6 Å². The summed E-state index contributed by atoms with van der Waals surface area (Å²) in [6.45, 7) is 2.08. The largest absolute Gasteiger partial charge is 0.326 e. The fourth-order valence-corrected chi connectivity index (χ4v) is 2.36. The van der Waals surface area contributed by atoms with Crippen LogP contribution in [0.25, 0.3) is 0 Å². The highest BCUT2D eigenvalue weighted by molar-refractivity contribution is 9.10. The average Bonchev–Trinajstić information content (AvgIpc) is 2.33. The SMILES string of the molecule is Cl.O=C(CC1CCNCC1)Nc1ccc(Br)cc1. The zero-order valence-electron chi connectivity index (χ0n) is 10.1. The summed E-state index contributed by atoms with van der Waals surface area (Å²) >= 11 is 3.37. The first-order valence-electron chi connectivity index (χ1n) is 6.00. The summed E-state index contributed by atoms with van der Waals surface area (Å²) in [5.41, 5.74) is 0.868. The van der Waals surface area contributed by atoms with E-state index >= 15 is 0 Å². The van der Waals surface area contributed by atoms with Gasteiger partial charge in [0.15, 0.2) is 0 Å². The first kappa shape index (κ1) is 15.5. The maximum Gasteiger partial charge on any atom is 0.224 e. The Hall–Kier alpha value is -0.580. The second-order valence-corrected chi connectivity index (χ2v) is 5.37. The minimum absolute atomic E-state index is 0. The zero-order chi connectivity index (χ0) is 12.1. The lowest BCUT2D eigenvalue weighted by atomic mass is 9.94. The maximum atomic E-state index is 11.8. The molecule has 2 rings (SSSR count). The van der Waals surface area contributed by atoms with E-state index in [9.17, 15) is 4.79 Å². The smallest absolute Gasteiger partial charge is 0.224 e. The first-order valence-corrected chi connectivity index (χ1v) is 6.79. The van der Waals surface area contributed by atoms with Gasteiger partial charge in [-0.3, -0.25) is 4.79 Å². The molecular formula is C13H18BrClN2O. The topological polar surface area (TPSA) is 41.1 Å². The van der Waals surface area contributed by atoms with E-state index in [2.05, 4.69) is 26.6 Å². The van der Waals surface area contributed by atoms with Gasteiger partial charge >= 0.3 is 0 Å². The molecule has 3 nitrogen and oxygen atoms in total. The van der Waals surface area contributed by atoms with E-state index in [4.69, 9.17) is 0 Å². The summed E-state index contributed by atoms with van der Waals surface area (Å²) in [5.74, 6) is 0.658. The van der Waals surface area contributed by atoms with Gasteiger partial charge in [0.25, 0.3) is 0 Å². The van der Waals surface area contributed by atoms with E-state index in [0.29, 0.717) is 12.3 Å². The number of benzene rings is 1. The Morgan fingerprint density at radius 2 is 1.89 bits per heavy atom. The normalized spacial score (nSPS) is 15.8. The monoisotopic (exact) mass is 332 g/mol. The van der Waals surface area contributed by atoms with Crippen LogP contribution in [0, 0.1) is 5.92 Å². The Morgan fingerprint density at radius 1 is 1.28 bits per heavy atom. The third-order valence-electron chi connectivity index (χ3n) is 3.06. The summed E-state index contributed by atoms with van der Waals surface area (Å²) < 4.78 is 1.02. The summed E-state index contributed by atoms with van der Waals surface area (Å²) in [4.78, 5) is 11.8. The Morgan fingerprint density at radius 3 is 2.50 bits per heavy atom. The molecule has 0 spiro atoms. The highest BCUT2D eigenvalue weighted by atomic mass is 79.9. The van der Waals surface area contributed by atoms with Crippen molar-refractivity contribution >= 4 is 39.9 Å². The quantitative estimate of drug-likeness (QED) is 0.892. The Bertz CT molecular complexity index is 377. The Balaban J connectivity index is 0.00000162. The predicted molar refractivity (Wildman–Crippen MR) is 80.2 cm³/mol. The molecule has 1 fully saturated rings. The molecule has 0 aliphatic carbocycles. The third kappa shape index (κ3) is 4.96. The van der Waals surface area contributed by atoms with E-state index in [1.165, 1.54) is 0 Å². The van der Waals surface area contributed by atoms with E-state index in [1.54, 1.807) is 0 Å². The minimum Gasteiger partial charge on any atom is -0.326 e. The van der Waals surface area contributed by atoms with Gasteiger partial charge in [-0.2, -0.15) is 0 Å². The van der Waals surface area contributed by atoms with E-state index < -0.39 is 0 Å².